The highest BCUT2D eigenvalue weighted by molar-refractivity contribution is 7.93. The van der Waals surface area contributed by atoms with Crippen molar-refractivity contribution in [2.75, 3.05) is 6.26 Å². The predicted octanol–water partition coefficient (Wildman–Crippen LogP) is 2.03. The Morgan fingerprint density at radius 3 is 2.31 bits per heavy atom. The summed E-state index contributed by atoms with van der Waals surface area (Å²) < 4.78 is 21.3. The third-order valence-electron chi connectivity index (χ3n) is 2.70. The van der Waals surface area contributed by atoms with Crippen LogP contribution in [0, 0.1) is 6.92 Å². The van der Waals surface area contributed by atoms with E-state index in [1.807, 2.05) is 6.07 Å². The third kappa shape index (κ3) is 2.39. The standard InChI is InChI=1S/C11H15ClO3S/c1-8-6-4-5-7-9(8)10(13)11(2,12)16(3,14)15/h4-7,10,13H,1-3H3. The molecular formula is C11H15ClO3S. The van der Waals surface area contributed by atoms with E-state index in [1.54, 1.807) is 25.1 Å². The second kappa shape index (κ2) is 4.35. The van der Waals surface area contributed by atoms with Crippen LogP contribution in [0.2, 0.25) is 0 Å². The summed E-state index contributed by atoms with van der Waals surface area (Å²) in [6, 6.07) is 7.03. The smallest absolute Gasteiger partial charge is 0.172 e. The summed E-state index contributed by atoms with van der Waals surface area (Å²) in [4.78, 5) is 0. The van der Waals surface area contributed by atoms with Gasteiger partial charge in [-0.15, -0.1) is 0 Å². The number of rotatable bonds is 3. The maximum Gasteiger partial charge on any atom is 0.172 e. The molecule has 0 fully saturated rings. The number of aliphatic hydroxyl groups excluding tert-OH is 1. The summed E-state index contributed by atoms with van der Waals surface area (Å²) in [6.07, 6.45) is -0.230. The SMILES string of the molecule is Cc1ccccc1C(O)C(C)(Cl)S(C)(=O)=O. The van der Waals surface area contributed by atoms with E-state index in [-0.39, 0.29) is 0 Å². The van der Waals surface area contributed by atoms with Crippen molar-refractivity contribution in [1.82, 2.24) is 0 Å². The van der Waals surface area contributed by atoms with Gasteiger partial charge in [-0.25, -0.2) is 8.42 Å². The molecule has 16 heavy (non-hydrogen) atoms. The minimum Gasteiger partial charge on any atom is -0.385 e. The minimum absolute atomic E-state index is 0.533. The summed E-state index contributed by atoms with van der Waals surface area (Å²) >= 11 is 5.93. The summed E-state index contributed by atoms with van der Waals surface area (Å²) in [5.41, 5.74) is 1.34. The van der Waals surface area contributed by atoms with Crippen molar-refractivity contribution >= 4 is 21.4 Å². The maximum atomic E-state index is 11.5. The first kappa shape index (κ1) is 13.5. The van der Waals surface area contributed by atoms with Gasteiger partial charge < -0.3 is 5.11 Å². The number of alkyl halides is 1. The van der Waals surface area contributed by atoms with Gasteiger partial charge in [-0.05, 0) is 25.0 Å². The number of aliphatic hydroxyl groups is 1. The highest BCUT2D eigenvalue weighted by Crippen LogP contribution is 2.37. The molecule has 1 rings (SSSR count). The zero-order valence-corrected chi connectivity index (χ0v) is 11.0. The molecule has 0 aliphatic rings. The fraction of sp³-hybridized carbons (Fsp3) is 0.455. The molecule has 0 spiro atoms. The first-order chi connectivity index (χ1) is 7.18. The van der Waals surface area contributed by atoms with Gasteiger partial charge in [0, 0.05) is 6.26 Å². The van der Waals surface area contributed by atoms with E-state index in [0.717, 1.165) is 11.8 Å². The van der Waals surface area contributed by atoms with Gasteiger partial charge in [0.15, 0.2) is 14.0 Å². The Morgan fingerprint density at radius 2 is 1.88 bits per heavy atom. The van der Waals surface area contributed by atoms with E-state index >= 15 is 0 Å². The number of hydrogen-bond acceptors (Lipinski definition) is 3. The zero-order valence-electron chi connectivity index (χ0n) is 9.44. The first-order valence-corrected chi connectivity index (χ1v) is 7.07. The van der Waals surface area contributed by atoms with E-state index in [4.69, 9.17) is 11.6 Å². The van der Waals surface area contributed by atoms with Crippen LogP contribution >= 0.6 is 11.6 Å². The quantitative estimate of drug-likeness (QED) is 0.848. The van der Waals surface area contributed by atoms with E-state index in [0.29, 0.717) is 5.56 Å². The number of sulfone groups is 1. The third-order valence-corrected chi connectivity index (χ3v) is 5.42. The molecule has 1 N–H and O–H groups in total. The molecule has 1 aromatic carbocycles. The van der Waals surface area contributed by atoms with Crippen molar-refractivity contribution in [2.45, 2.75) is 24.2 Å². The fourth-order valence-electron chi connectivity index (χ4n) is 1.37. The largest absolute Gasteiger partial charge is 0.385 e. The minimum atomic E-state index is -3.55. The van der Waals surface area contributed by atoms with Crippen LogP contribution in [0.5, 0.6) is 0 Å². The molecule has 0 heterocycles. The van der Waals surface area contributed by atoms with Crippen LogP contribution < -0.4 is 0 Å². The van der Waals surface area contributed by atoms with E-state index < -0.39 is 20.1 Å². The predicted molar refractivity (Wildman–Crippen MR) is 65.2 cm³/mol. The van der Waals surface area contributed by atoms with Crippen LogP contribution in [-0.4, -0.2) is 24.0 Å². The molecule has 0 aliphatic carbocycles. The Morgan fingerprint density at radius 1 is 1.38 bits per heavy atom. The normalized spacial score (nSPS) is 17.8. The number of benzene rings is 1. The van der Waals surface area contributed by atoms with Crippen molar-refractivity contribution in [3.63, 3.8) is 0 Å². The molecule has 0 amide bonds. The zero-order chi connectivity index (χ0) is 12.6. The lowest BCUT2D eigenvalue weighted by molar-refractivity contribution is 0.162. The highest BCUT2D eigenvalue weighted by atomic mass is 35.5. The van der Waals surface area contributed by atoms with Gasteiger partial charge in [-0.3, -0.25) is 0 Å². The molecule has 0 radical (unpaired) electrons. The van der Waals surface area contributed by atoms with Crippen LogP contribution in [0.15, 0.2) is 24.3 Å². The highest BCUT2D eigenvalue weighted by Gasteiger charge is 2.42. The topological polar surface area (TPSA) is 54.4 Å². The molecule has 1 aromatic rings. The van der Waals surface area contributed by atoms with Crippen LogP contribution in [0.1, 0.15) is 24.2 Å². The molecule has 0 saturated heterocycles. The fourth-order valence-corrected chi connectivity index (χ4v) is 2.02. The number of halogens is 1. The average molecular weight is 263 g/mol. The van der Waals surface area contributed by atoms with Gasteiger partial charge in [0.1, 0.15) is 6.10 Å². The molecule has 2 atom stereocenters. The van der Waals surface area contributed by atoms with Crippen molar-refractivity contribution in [3.05, 3.63) is 35.4 Å². The summed E-state index contributed by atoms with van der Waals surface area (Å²) in [6.45, 7) is 3.11. The average Bonchev–Trinajstić information content (AvgIpc) is 2.15. The Balaban J connectivity index is 3.23. The molecule has 0 aliphatic heterocycles. The molecule has 0 bridgehead atoms. The van der Waals surface area contributed by atoms with Crippen LogP contribution in [0.3, 0.4) is 0 Å². The summed E-state index contributed by atoms with van der Waals surface area (Å²) in [5.74, 6) is 0. The summed E-state index contributed by atoms with van der Waals surface area (Å²) in [5, 5.41) is 10.1. The molecule has 2 unspecified atom stereocenters. The van der Waals surface area contributed by atoms with Gasteiger partial charge in [-0.1, -0.05) is 35.9 Å². The van der Waals surface area contributed by atoms with Gasteiger partial charge in [0.05, 0.1) is 0 Å². The molecular weight excluding hydrogens is 248 g/mol. The van der Waals surface area contributed by atoms with E-state index in [1.165, 1.54) is 6.92 Å². The molecule has 3 nitrogen and oxygen atoms in total. The van der Waals surface area contributed by atoms with Crippen molar-refractivity contribution < 1.29 is 13.5 Å². The lowest BCUT2D eigenvalue weighted by Gasteiger charge is -2.27. The lowest BCUT2D eigenvalue weighted by atomic mass is 10.0. The Labute approximate surface area is 101 Å². The van der Waals surface area contributed by atoms with Gasteiger partial charge >= 0.3 is 0 Å². The molecule has 5 heteroatoms. The molecule has 0 aromatic heterocycles. The second-order valence-corrected chi connectivity index (χ2v) is 7.42. The van der Waals surface area contributed by atoms with Crippen LogP contribution in [0.4, 0.5) is 0 Å². The van der Waals surface area contributed by atoms with Crippen LogP contribution in [-0.2, 0) is 9.84 Å². The van der Waals surface area contributed by atoms with E-state index in [2.05, 4.69) is 0 Å². The number of aryl methyl sites for hydroxylation is 1. The van der Waals surface area contributed by atoms with Crippen molar-refractivity contribution in [3.8, 4) is 0 Å². The molecule has 90 valence electrons. The number of hydrogen-bond donors (Lipinski definition) is 1. The Kier molecular flexibility index (Phi) is 3.67. The van der Waals surface area contributed by atoms with Crippen molar-refractivity contribution in [2.24, 2.45) is 0 Å². The first-order valence-electron chi connectivity index (χ1n) is 4.80. The summed E-state index contributed by atoms with van der Waals surface area (Å²) in [7, 11) is -3.55. The van der Waals surface area contributed by atoms with Gasteiger partial charge in [0.2, 0.25) is 0 Å². The molecule has 0 saturated carbocycles. The van der Waals surface area contributed by atoms with Crippen molar-refractivity contribution in [1.29, 1.82) is 0 Å². The lowest BCUT2D eigenvalue weighted by Crippen LogP contribution is -2.35. The van der Waals surface area contributed by atoms with Gasteiger partial charge in [-0.2, -0.15) is 0 Å². The maximum absolute atomic E-state index is 11.5. The Bertz CT molecular complexity index is 480. The Hall–Kier alpha value is -0.580. The van der Waals surface area contributed by atoms with Gasteiger partial charge in [0.25, 0.3) is 0 Å². The van der Waals surface area contributed by atoms with Crippen LogP contribution in [0.25, 0.3) is 0 Å². The van der Waals surface area contributed by atoms with E-state index in [9.17, 15) is 13.5 Å². The monoisotopic (exact) mass is 262 g/mol. The second-order valence-electron chi connectivity index (χ2n) is 4.02.